The van der Waals surface area contributed by atoms with Gasteiger partial charge in [-0.25, -0.2) is 4.98 Å². The lowest BCUT2D eigenvalue weighted by atomic mass is 9.93. The van der Waals surface area contributed by atoms with Crippen molar-refractivity contribution in [1.82, 2.24) is 4.98 Å². The smallest absolute Gasteiger partial charge is 0.0954 e. The average molecular weight is 287 g/mol. The van der Waals surface area contributed by atoms with Crippen LogP contribution in [-0.4, -0.2) is 26.7 Å². The Balaban J connectivity index is 2.50. The van der Waals surface area contributed by atoms with Crippen LogP contribution >= 0.6 is 23.1 Å². The lowest BCUT2D eigenvalue weighted by Gasteiger charge is -2.19. The summed E-state index contributed by atoms with van der Waals surface area (Å²) in [4.78, 5) is 4.62. The fourth-order valence-corrected chi connectivity index (χ4v) is 3.26. The van der Waals surface area contributed by atoms with E-state index in [0.717, 1.165) is 16.5 Å². The highest BCUT2D eigenvalue weighted by atomic mass is 32.2. The molecule has 0 saturated carbocycles. The number of aliphatic hydroxyl groups excluding tert-OH is 1. The molecule has 104 valence electrons. The highest BCUT2D eigenvalue weighted by Gasteiger charge is 2.19. The van der Waals surface area contributed by atoms with Gasteiger partial charge in [-0.05, 0) is 0 Å². The van der Waals surface area contributed by atoms with Crippen LogP contribution in [0.1, 0.15) is 52.2 Å². The minimum Gasteiger partial charge on any atom is -0.392 e. The molecule has 1 heterocycles. The van der Waals surface area contributed by atoms with E-state index in [-0.39, 0.29) is 16.3 Å². The Morgan fingerprint density at radius 1 is 1.28 bits per heavy atom. The fraction of sp³-hybridized carbons (Fsp3) is 0.786. The van der Waals surface area contributed by atoms with Crippen LogP contribution in [0, 0.1) is 0 Å². The van der Waals surface area contributed by atoms with Crippen molar-refractivity contribution in [2.24, 2.45) is 0 Å². The first-order chi connectivity index (χ1) is 8.08. The van der Waals surface area contributed by atoms with Gasteiger partial charge in [0, 0.05) is 27.7 Å². The second-order valence-corrected chi connectivity index (χ2v) is 9.45. The van der Waals surface area contributed by atoms with Crippen LogP contribution in [0.3, 0.4) is 0 Å². The maximum absolute atomic E-state index is 10.0. The molecule has 1 aromatic rings. The summed E-state index contributed by atoms with van der Waals surface area (Å²) >= 11 is 3.46. The van der Waals surface area contributed by atoms with E-state index in [1.807, 2.05) is 0 Å². The minimum atomic E-state index is -0.298. The SMILES string of the molecule is CC(C)(C)SCC(O)Cc1nc(C(C)(C)C)cs1. The first kappa shape index (κ1) is 16.0. The van der Waals surface area contributed by atoms with E-state index < -0.39 is 0 Å². The number of thioether (sulfide) groups is 1. The highest BCUT2D eigenvalue weighted by molar-refractivity contribution is 8.00. The van der Waals surface area contributed by atoms with Crippen LogP contribution < -0.4 is 0 Å². The monoisotopic (exact) mass is 287 g/mol. The van der Waals surface area contributed by atoms with Crippen LogP contribution in [0.2, 0.25) is 0 Å². The van der Waals surface area contributed by atoms with Gasteiger partial charge >= 0.3 is 0 Å². The number of aromatic nitrogens is 1. The number of aliphatic hydroxyl groups is 1. The van der Waals surface area contributed by atoms with Crippen molar-refractivity contribution < 1.29 is 5.11 Å². The first-order valence-corrected chi connectivity index (χ1v) is 8.21. The van der Waals surface area contributed by atoms with Crippen LogP contribution in [0.5, 0.6) is 0 Å². The fourth-order valence-electron chi connectivity index (χ4n) is 1.36. The summed E-state index contributed by atoms with van der Waals surface area (Å²) in [5.41, 5.74) is 1.22. The quantitative estimate of drug-likeness (QED) is 0.912. The molecule has 0 aliphatic carbocycles. The summed E-state index contributed by atoms with van der Waals surface area (Å²) in [6.45, 7) is 13.0. The van der Waals surface area contributed by atoms with Gasteiger partial charge in [0.25, 0.3) is 0 Å². The lowest BCUT2D eigenvalue weighted by Crippen LogP contribution is -2.19. The Morgan fingerprint density at radius 2 is 1.89 bits per heavy atom. The molecular weight excluding hydrogens is 262 g/mol. The normalized spacial score (nSPS) is 14.8. The van der Waals surface area contributed by atoms with Gasteiger partial charge < -0.3 is 5.11 Å². The molecule has 1 rings (SSSR count). The van der Waals surface area contributed by atoms with Crippen LogP contribution in [0.15, 0.2) is 5.38 Å². The van der Waals surface area contributed by atoms with E-state index in [2.05, 4.69) is 51.9 Å². The summed E-state index contributed by atoms with van der Waals surface area (Å²) in [7, 11) is 0. The molecule has 1 atom stereocenters. The molecule has 18 heavy (non-hydrogen) atoms. The largest absolute Gasteiger partial charge is 0.392 e. The lowest BCUT2D eigenvalue weighted by molar-refractivity contribution is 0.199. The molecule has 0 fully saturated rings. The molecule has 0 aliphatic rings. The van der Waals surface area contributed by atoms with Crippen LogP contribution in [0.25, 0.3) is 0 Å². The van der Waals surface area contributed by atoms with Crippen molar-refractivity contribution in [1.29, 1.82) is 0 Å². The summed E-state index contributed by atoms with van der Waals surface area (Å²) < 4.78 is 0.209. The summed E-state index contributed by atoms with van der Waals surface area (Å²) in [6.07, 6.45) is 0.372. The second kappa shape index (κ2) is 5.93. The van der Waals surface area contributed by atoms with E-state index in [4.69, 9.17) is 0 Å². The molecule has 0 spiro atoms. The van der Waals surface area contributed by atoms with Gasteiger partial charge in [0.15, 0.2) is 0 Å². The molecule has 0 bridgehead atoms. The Morgan fingerprint density at radius 3 is 2.33 bits per heavy atom. The molecule has 0 saturated heterocycles. The molecule has 0 aliphatic heterocycles. The third-order valence-electron chi connectivity index (χ3n) is 2.44. The van der Waals surface area contributed by atoms with Crippen molar-refractivity contribution in [2.75, 3.05) is 5.75 Å². The van der Waals surface area contributed by atoms with Crippen LogP contribution in [-0.2, 0) is 11.8 Å². The zero-order valence-electron chi connectivity index (χ0n) is 12.3. The van der Waals surface area contributed by atoms with E-state index in [0.29, 0.717) is 6.42 Å². The Hall–Kier alpha value is -0.0600. The predicted molar refractivity (Wildman–Crippen MR) is 82.7 cm³/mol. The van der Waals surface area contributed by atoms with Crippen LogP contribution in [0.4, 0.5) is 0 Å². The van der Waals surface area contributed by atoms with Gasteiger partial charge in [-0.15, -0.1) is 11.3 Å². The van der Waals surface area contributed by atoms with Gasteiger partial charge in [0.05, 0.1) is 16.8 Å². The zero-order valence-corrected chi connectivity index (χ0v) is 13.9. The molecule has 0 amide bonds. The molecule has 0 radical (unpaired) electrons. The Bertz CT molecular complexity index is 374. The maximum Gasteiger partial charge on any atom is 0.0954 e. The van der Waals surface area contributed by atoms with Crippen molar-refractivity contribution in [3.05, 3.63) is 16.1 Å². The number of thiazole rings is 1. The maximum atomic E-state index is 10.0. The molecule has 1 aromatic heterocycles. The first-order valence-electron chi connectivity index (χ1n) is 6.35. The molecule has 0 aromatic carbocycles. The molecular formula is C14H25NOS2. The van der Waals surface area contributed by atoms with Gasteiger partial charge in [0.1, 0.15) is 0 Å². The van der Waals surface area contributed by atoms with E-state index in [9.17, 15) is 5.11 Å². The summed E-state index contributed by atoms with van der Waals surface area (Å²) in [5.74, 6) is 0.772. The van der Waals surface area contributed by atoms with Crippen molar-refractivity contribution in [2.45, 2.75) is 64.2 Å². The predicted octanol–water partition coefficient (Wildman–Crippen LogP) is 3.88. The third kappa shape index (κ3) is 5.72. The van der Waals surface area contributed by atoms with Gasteiger partial charge in [-0.3, -0.25) is 0 Å². The minimum absolute atomic E-state index is 0.0971. The van der Waals surface area contributed by atoms with Crippen molar-refractivity contribution >= 4 is 23.1 Å². The Kier molecular flexibility index (Phi) is 5.27. The van der Waals surface area contributed by atoms with E-state index in [1.165, 1.54) is 0 Å². The molecule has 2 nitrogen and oxygen atoms in total. The third-order valence-corrected chi connectivity index (χ3v) is 4.73. The van der Waals surface area contributed by atoms with Crippen molar-refractivity contribution in [3.63, 3.8) is 0 Å². The summed E-state index contributed by atoms with van der Waals surface area (Å²) in [5, 5.41) is 13.2. The zero-order chi connectivity index (χ0) is 14.0. The van der Waals surface area contributed by atoms with Gasteiger partial charge in [-0.2, -0.15) is 11.8 Å². The highest BCUT2D eigenvalue weighted by Crippen LogP contribution is 2.27. The standard InChI is InChI=1S/C14H25NOS2/c1-13(2,3)11-9-17-12(15-11)7-10(16)8-18-14(4,5)6/h9-10,16H,7-8H2,1-6H3. The number of hydrogen-bond donors (Lipinski definition) is 1. The number of nitrogens with zero attached hydrogens (tertiary/aromatic N) is 1. The Labute approximate surface area is 119 Å². The molecule has 1 unspecified atom stereocenters. The molecule has 4 heteroatoms. The van der Waals surface area contributed by atoms with Crippen molar-refractivity contribution in [3.8, 4) is 0 Å². The number of hydrogen-bond acceptors (Lipinski definition) is 4. The van der Waals surface area contributed by atoms with Gasteiger partial charge in [-0.1, -0.05) is 41.5 Å². The average Bonchev–Trinajstić information content (AvgIpc) is 2.61. The second-order valence-electron chi connectivity index (χ2n) is 6.66. The van der Waals surface area contributed by atoms with E-state index >= 15 is 0 Å². The topological polar surface area (TPSA) is 33.1 Å². The van der Waals surface area contributed by atoms with E-state index in [1.54, 1.807) is 23.1 Å². The van der Waals surface area contributed by atoms with Gasteiger partial charge in [0.2, 0.25) is 0 Å². The molecule has 1 N–H and O–H groups in total. The summed E-state index contributed by atoms with van der Waals surface area (Å²) in [6, 6.07) is 0. The number of rotatable bonds is 4.